The Morgan fingerprint density at radius 1 is 1.03 bits per heavy atom. The predicted octanol–water partition coefficient (Wildman–Crippen LogP) is 5.88. The van der Waals surface area contributed by atoms with Gasteiger partial charge in [0.1, 0.15) is 5.82 Å². The van der Waals surface area contributed by atoms with Crippen LogP contribution in [0.3, 0.4) is 0 Å². The van der Waals surface area contributed by atoms with Crippen LogP contribution in [-0.4, -0.2) is 40.4 Å². The molecule has 0 atom stereocenters. The molecule has 0 aliphatic carbocycles. The van der Waals surface area contributed by atoms with Crippen molar-refractivity contribution in [3.63, 3.8) is 0 Å². The van der Waals surface area contributed by atoms with Crippen molar-refractivity contribution in [3.8, 4) is 11.1 Å². The molecule has 37 heavy (non-hydrogen) atoms. The third kappa shape index (κ3) is 5.62. The summed E-state index contributed by atoms with van der Waals surface area (Å²) in [6.07, 6.45) is 6.73. The Morgan fingerprint density at radius 2 is 1.84 bits per heavy atom. The Labute approximate surface area is 215 Å². The van der Waals surface area contributed by atoms with Crippen LogP contribution < -0.4 is 5.32 Å². The summed E-state index contributed by atoms with van der Waals surface area (Å²) in [5, 5.41) is 5.29. The molecule has 0 aliphatic heterocycles. The lowest BCUT2D eigenvalue weighted by Crippen LogP contribution is -2.30. The number of hydrogen-bond donors (Lipinski definition) is 1. The molecule has 1 N–H and O–H groups in total. The highest BCUT2D eigenvalue weighted by Gasteiger charge is 2.17. The summed E-state index contributed by atoms with van der Waals surface area (Å²) in [7, 11) is 1.65. The van der Waals surface area contributed by atoms with Crippen molar-refractivity contribution in [3.05, 3.63) is 114 Å². The molecule has 3 aromatic carbocycles. The van der Waals surface area contributed by atoms with E-state index in [1.165, 1.54) is 12.1 Å². The van der Waals surface area contributed by atoms with E-state index >= 15 is 0 Å². The second-order valence-electron chi connectivity index (χ2n) is 9.01. The number of nitrogens with zero attached hydrogens (tertiary/aromatic N) is 3. The Kier molecular flexibility index (Phi) is 7.42. The van der Waals surface area contributed by atoms with Crippen molar-refractivity contribution >= 4 is 16.8 Å². The molecule has 0 saturated heterocycles. The minimum absolute atomic E-state index is 0.179. The molecule has 0 aliphatic rings. The standard InChI is InChI=1S/C30H29FN4O2/c1-37-15-5-14-33-30(36)35-20-24(29-9-4-7-23-6-2-3-8-28(23)29)16-26(35)17-27-18-32-21-34(27)19-22-10-12-25(31)13-11-22/h2-4,6-13,16,18,20-21H,5,14-15,17,19H2,1H3,(H,33,36). The molecular weight excluding hydrogens is 467 g/mol. The van der Waals surface area contributed by atoms with Gasteiger partial charge in [0.25, 0.3) is 0 Å². The number of carbonyl (C=O) groups excluding carboxylic acids is 1. The first-order valence-electron chi connectivity index (χ1n) is 12.3. The lowest BCUT2D eigenvalue weighted by Gasteiger charge is -2.11. The number of imidazole rings is 1. The number of nitrogens with one attached hydrogen (secondary N) is 1. The van der Waals surface area contributed by atoms with Crippen LogP contribution in [-0.2, 0) is 17.7 Å². The van der Waals surface area contributed by atoms with E-state index in [1.54, 1.807) is 30.1 Å². The summed E-state index contributed by atoms with van der Waals surface area (Å²) >= 11 is 0. The fraction of sp³-hybridized carbons (Fsp3) is 0.200. The van der Waals surface area contributed by atoms with Gasteiger partial charge in [0.05, 0.1) is 6.33 Å². The molecule has 2 aromatic heterocycles. The van der Waals surface area contributed by atoms with Gasteiger partial charge in [-0.3, -0.25) is 4.57 Å². The van der Waals surface area contributed by atoms with Gasteiger partial charge in [-0.25, -0.2) is 14.2 Å². The molecule has 7 heteroatoms. The maximum absolute atomic E-state index is 13.4. The smallest absolute Gasteiger partial charge is 0.325 e. The monoisotopic (exact) mass is 496 g/mol. The quantitative estimate of drug-likeness (QED) is 0.259. The van der Waals surface area contributed by atoms with Crippen molar-refractivity contribution in [2.45, 2.75) is 19.4 Å². The first kappa shape index (κ1) is 24.5. The van der Waals surface area contributed by atoms with E-state index in [-0.39, 0.29) is 11.8 Å². The molecule has 1 amide bonds. The van der Waals surface area contributed by atoms with Crippen LogP contribution in [0.25, 0.3) is 21.9 Å². The van der Waals surface area contributed by atoms with Crippen molar-refractivity contribution in [2.24, 2.45) is 0 Å². The van der Waals surface area contributed by atoms with Crippen LogP contribution in [0, 0.1) is 5.82 Å². The highest BCUT2D eigenvalue weighted by Crippen LogP contribution is 2.30. The van der Waals surface area contributed by atoms with E-state index in [4.69, 9.17) is 4.74 Å². The molecule has 5 aromatic rings. The van der Waals surface area contributed by atoms with Crippen molar-refractivity contribution in [2.75, 3.05) is 20.3 Å². The molecule has 5 rings (SSSR count). The van der Waals surface area contributed by atoms with E-state index in [0.29, 0.717) is 26.1 Å². The first-order valence-corrected chi connectivity index (χ1v) is 12.3. The maximum Gasteiger partial charge on any atom is 0.325 e. The lowest BCUT2D eigenvalue weighted by atomic mass is 10.00. The molecule has 0 spiro atoms. The molecule has 6 nitrogen and oxygen atoms in total. The summed E-state index contributed by atoms with van der Waals surface area (Å²) in [6, 6.07) is 22.8. The zero-order chi connectivity index (χ0) is 25.6. The van der Waals surface area contributed by atoms with Gasteiger partial charge in [0, 0.05) is 62.6 Å². The fourth-order valence-electron chi connectivity index (χ4n) is 4.56. The SMILES string of the molecule is COCCCNC(=O)n1cc(-c2cccc3ccccc23)cc1Cc1cncn1Cc1ccc(F)cc1. The number of amides is 1. The number of carbonyl (C=O) groups is 1. The summed E-state index contributed by atoms with van der Waals surface area (Å²) in [5.41, 5.74) is 4.84. The van der Waals surface area contributed by atoms with Crippen LogP contribution in [0.2, 0.25) is 0 Å². The van der Waals surface area contributed by atoms with E-state index in [9.17, 15) is 9.18 Å². The van der Waals surface area contributed by atoms with Crippen molar-refractivity contribution < 1.29 is 13.9 Å². The minimum atomic E-state index is -0.259. The minimum Gasteiger partial charge on any atom is -0.385 e. The topological polar surface area (TPSA) is 61.1 Å². The zero-order valence-corrected chi connectivity index (χ0v) is 20.7. The Bertz CT molecular complexity index is 1500. The Hall–Kier alpha value is -4.23. The number of benzene rings is 3. The second-order valence-corrected chi connectivity index (χ2v) is 9.01. The summed E-state index contributed by atoms with van der Waals surface area (Å²) in [4.78, 5) is 17.6. The molecule has 188 valence electrons. The van der Waals surface area contributed by atoms with Gasteiger partial charge in [0.2, 0.25) is 0 Å². The maximum atomic E-state index is 13.4. The third-order valence-corrected chi connectivity index (χ3v) is 6.45. The van der Waals surface area contributed by atoms with Crippen LogP contribution in [0.15, 0.2) is 91.5 Å². The number of halogens is 1. The van der Waals surface area contributed by atoms with Gasteiger partial charge >= 0.3 is 6.03 Å². The van der Waals surface area contributed by atoms with E-state index < -0.39 is 0 Å². The van der Waals surface area contributed by atoms with Gasteiger partial charge < -0.3 is 14.6 Å². The Morgan fingerprint density at radius 3 is 2.68 bits per heavy atom. The van der Waals surface area contributed by atoms with Gasteiger partial charge in [0.15, 0.2) is 0 Å². The van der Waals surface area contributed by atoms with Crippen LogP contribution in [0.4, 0.5) is 9.18 Å². The van der Waals surface area contributed by atoms with Crippen molar-refractivity contribution in [1.29, 1.82) is 0 Å². The Balaban J connectivity index is 1.48. The third-order valence-electron chi connectivity index (χ3n) is 6.45. The van der Waals surface area contributed by atoms with E-state index in [0.717, 1.165) is 45.3 Å². The summed E-state index contributed by atoms with van der Waals surface area (Å²) in [5.74, 6) is -0.259. The van der Waals surface area contributed by atoms with Crippen LogP contribution >= 0.6 is 0 Å². The summed E-state index contributed by atoms with van der Waals surface area (Å²) < 4.78 is 22.2. The van der Waals surface area contributed by atoms with E-state index in [1.807, 2.05) is 35.2 Å². The van der Waals surface area contributed by atoms with Crippen LogP contribution in [0.1, 0.15) is 23.4 Å². The average molecular weight is 497 g/mol. The second kappa shape index (κ2) is 11.2. The molecule has 0 radical (unpaired) electrons. The first-order chi connectivity index (χ1) is 18.1. The largest absolute Gasteiger partial charge is 0.385 e. The van der Waals surface area contributed by atoms with Crippen LogP contribution in [0.5, 0.6) is 0 Å². The predicted molar refractivity (Wildman–Crippen MR) is 143 cm³/mol. The fourth-order valence-corrected chi connectivity index (χ4v) is 4.56. The number of aromatic nitrogens is 3. The van der Waals surface area contributed by atoms with Gasteiger partial charge in [-0.15, -0.1) is 0 Å². The molecule has 2 heterocycles. The van der Waals surface area contributed by atoms with Gasteiger partial charge in [-0.05, 0) is 46.5 Å². The average Bonchev–Trinajstić information content (AvgIpc) is 3.54. The molecule has 0 fully saturated rings. The number of rotatable bonds is 9. The van der Waals surface area contributed by atoms with Gasteiger partial charge in [-0.2, -0.15) is 0 Å². The molecular formula is C30H29FN4O2. The molecule has 0 saturated carbocycles. The van der Waals surface area contributed by atoms with Gasteiger partial charge in [-0.1, -0.05) is 54.6 Å². The normalized spacial score (nSPS) is 11.2. The summed E-state index contributed by atoms with van der Waals surface area (Å²) in [6.45, 7) is 1.68. The number of methoxy groups -OCH3 is 1. The highest BCUT2D eigenvalue weighted by molar-refractivity contribution is 5.97. The lowest BCUT2D eigenvalue weighted by molar-refractivity contribution is 0.193. The molecule has 0 unspecified atom stereocenters. The number of ether oxygens (including phenoxy) is 1. The number of hydrogen-bond acceptors (Lipinski definition) is 3. The number of fused-ring (bicyclic) bond motifs is 1. The molecule has 0 bridgehead atoms. The highest BCUT2D eigenvalue weighted by atomic mass is 19.1. The zero-order valence-electron chi connectivity index (χ0n) is 20.7. The van der Waals surface area contributed by atoms with Crippen molar-refractivity contribution in [1.82, 2.24) is 19.4 Å². The van der Waals surface area contributed by atoms with E-state index in [2.05, 4.69) is 40.6 Å².